The van der Waals surface area contributed by atoms with Crippen LogP contribution in [0.15, 0.2) is 15.9 Å². The molecule has 0 fully saturated rings. The molecule has 1 amide bonds. The van der Waals surface area contributed by atoms with Crippen molar-refractivity contribution in [2.45, 2.75) is 19.9 Å². The van der Waals surface area contributed by atoms with Gasteiger partial charge in [-0.2, -0.15) is 0 Å². The quantitative estimate of drug-likeness (QED) is 0.616. The van der Waals surface area contributed by atoms with E-state index in [-0.39, 0.29) is 24.9 Å². The maximum absolute atomic E-state index is 12.4. The Morgan fingerprint density at radius 3 is 2.58 bits per heavy atom. The van der Waals surface area contributed by atoms with E-state index in [2.05, 4.69) is 22.5 Å². The molecule has 2 N–H and O–H groups in total. The Bertz CT molecular complexity index is 822. The average molecular weight is 359 g/mol. The number of hydrogen-bond donors (Lipinski definition) is 2. The van der Waals surface area contributed by atoms with E-state index in [0.29, 0.717) is 24.3 Å². The van der Waals surface area contributed by atoms with E-state index < -0.39 is 11.2 Å². The van der Waals surface area contributed by atoms with Gasteiger partial charge in [-0.05, 0) is 13.0 Å². The van der Waals surface area contributed by atoms with Crippen LogP contribution in [0.5, 0.6) is 0 Å². The average Bonchev–Trinajstić information content (AvgIpc) is 2.91. The third kappa shape index (κ3) is 4.04. The number of aromatic nitrogens is 4. The molecule has 24 heavy (non-hydrogen) atoms. The van der Waals surface area contributed by atoms with Crippen molar-refractivity contribution in [1.29, 1.82) is 0 Å². The second kappa shape index (κ2) is 8.65. The maximum atomic E-state index is 12.4. The second-order valence-electron chi connectivity index (χ2n) is 5.36. The van der Waals surface area contributed by atoms with E-state index >= 15 is 0 Å². The predicted molar refractivity (Wildman–Crippen MR) is 93.6 cm³/mol. The lowest BCUT2D eigenvalue weighted by molar-refractivity contribution is -0.121. The highest BCUT2D eigenvalue weighted by Crippen LogP contribution is 2.02. The van der Waals surface area contributed by atoms with E-state index in [0.717, 1.165) is 17.5 Å². The Balaban J connectivity index is 0.00000288. The third-order valence-corrected chi connectivity index (χ3v) is 3.55. The Morgan fingerprint density at radius 2 is 1.92 bits per heavy atom. The molecule has 10 heteroatoms. The summed E-state index contributed by atoms with van der Waals surface area (Å²) in [4.78, 5) is 40.7. The number of nitrogens with zero attached hydrogens (tertiary/aromatic N) is 4. The number of fused-ring (bicyclic) bond motifs is 1. The molecule has 9 nitrogen and oxygen atoms in total. The van der Waals surface area contributed by atoms with Gasteiger partial charge >= 0.3 is 5.69 Å². The summed E-state index contributed by atoms with van der Waals surface area (Å²) in [6, 6.07) is 0. The number of hydrogen-bond acceptors (Lipinski definition) is 5. The third-order valence-electron chi connectivity index (χ3n) is 3.55. The van der Waals surface area contributed by atoms with Crippen molar-refractivity contribution in [2.75, 3.05) is 19.6 Å². The summed E-state index contributed by atoms with van der Waals surface area (Å²) in [5, 5.41) is 5.84. The van der Waals surface area contributed by atoms with Crippen LogP contribution < -0.4 is 21.9 Å². The molecular formula is C14H23ClN6O3. The van der Waals surface area contributed by atoms with Crippen LogP contribution in [-0.2, 0) is 25.4 Å². The molecule has 0 unspecified atom stereocenters. The number of carbonyl (C=O) groups is 1. The maximum Gasteiger partial charge on any atom is 0.332 e. The second-order valence-corrected chi connectivity index (χ2v) is 5.36. The van der Waals surface area contributed by atoms with Crippen LogP contribution >= 0.6 is 12.4 Å². The van der Waals surface area contributed by atoms with E-state index in [1.807, 2.05) is 0 Å². The standard InChI is InChI=1S/C14H22N6O3.ClH/c1-4-5-15-6-7-16-10(21)8-20-13(22)11-12(17-9-18(11)2)19(3)14(20)23;/h9,15H,4-8H2,1-3H3,(H,16,21);1H. The van der Waals surface area contributed by atoms with Gasteiger partial charge in [-0.15, -0.1) is 12.4 Å². The first-order chi connectivity index (χ1) is 11.0. The Morgan fingerprint density at radius 1 is 1.21 bits per heavy atom. The Labute approximate surface area is 145 Å². The Kier molecular flexibility index (Phi) is 7.18. The van der Waals surface area contributed by atoms with Crippen molar-refractivity contribution in [2.24, 2.45) is 14.1 Å². The van der Waals surface area contributed by atoms with Gasteiger partial charge in [0.05, 0.1) is 6.33 Å². The first kappa shape index (κ1) is 19.9. The topological polar surface area (TPSA) is 103 Å². The molecule has 0 saturated carbocycles. The lowest BCUT2D eigenvalue weighted by atomic mass is 10.4. The first-order valence-corrected chi connectivity index (χ1v) is 7.55. The number of carbonyl (C=O) groups excluding carboxylic acids is 1. The minimum Gasteiger partial charge on any atom is -0.353 e. The SMILES string of the molecule is CCCNCCNC(=O)Cn1c(=O)c2c(ncn2C)n(C)c1=O.Cl. The zero-order chi connectivity index (χ0) is 17.0. The zero-order valence-electron chi connectivity index (χ0n) is 14.0. The van der Waals surface area contributed by atoms with Gasteiger partial charge in [0.2, 0.25) is 5.91 Å². The van der Waals surface area contributed by atoms with E-state index in [1.165, 1.54) is 17.9 Å². The van der Waals surface area contributed by atoms with Crippen LogP contribution in [-0.4, -0.2) is 44.2 Å². The summed E-state index contributed by atoms with van der Waals surface area (Å²) in [6.07, 6.45) is 2.49. The monoisotopic (exact) mass is 358 g/mol. The fraction of sp³-hybridized carbons (Fsp3) is 0.571. The van der Waals surface area contributed by atoms with Crippen molar-refractivity contribution in [3.63, 3.8) is 0 Å². The lowest BCUT2D eigenvalue weighted by Gasteiger charge is -2.09. The van der Waals surface area contributed by atoms with Crippen molar-refractivity contribution in [1.82, 2.24) is 29.3 Å². The number of amides is 1. The van der Waals surface area contributed by atoms with Crippen molar-refractivity contribution in [3.05, 3.63) is 27.2 Å². The molecule has 0 aliphatic heterocycles. The molecule has 134 valence electrons. The van der Waals surface area contributed by atoms with Gasteiger partial charge < -0.3 is 15.2 Å². The summed E-state index contributed by atoms with van der Waals surface area (Å²) >= 11 is 0. The molecule has 2 heterocycles. The molecule has 0 radical (unpaired) electrons. The highest BCUT2D eigenvalue weighted by atomic mass is 35.5. The van der Waals surface area contributed by atoms with Crippen LogP contribution in [0, 0.1) is 0 Å². The van der Waals surface area contributed by atoms with Crippen molar-refractivity contribution in [3.8, 4) is 0 Å². The minimum absolute atomic E-state index is 0. The minimum atomic E-state index is -0.555. The number of halogens is 1. The largest absolute Gasteiger partial charge is 0.353 e. The summed E-state index contributed by atoms with van der Waals surface area (Å²) in [5.74, 6) is -0.371. The number of nitrogens with one attached hydrogen (secondary N) is 2. The zero-order valence-corrected chi connectivity index (χ0v) is 14.9. The predicted octanol–water partition coefficient (Wildman–Crippen LogP) is -1.03. The van der Waals surface area contributed by atoms with Crippen molar-refractivity contribution < 1.29 is 4.79 Å². The van der Waals surface area contributed by atoms with Crippen LogP contribution in [0.1, 0.15) is 13.3 Å². The first-order valence-electron chi connectivity index (χ1n) is 7.55. The summed E-state index contributed by atoms with van der Waals surface area (Å²) in [6.45, 7) is 3.73. The van der Waals surface area contributed by atoms with Crippen LogP contribution in [0.25, 0.3) is 11.2 Å². The van der Waals surface area contributed by atoms with Crippen molar-refractivity contribution >= 4 is 29.5 Å². The number of aryl methyl sites for hydroxylation is 2. The summed E-state index contributed by atoms with van der Waals surface area (Å²) < 4.78 is 3.74. The molecule has 0 aliphatic carbocycles. The van der Waals surface area contributed by atoms with Crippen LogP contribution in [0.4, 0.5) is 0 Å². The molecule has 0 aromatic carbocycles. The van der Waals surface area contributed by atoms with Gasteiger partial charge in [0.25, 0.3) is 5.56 Å². The van der Waals surface area contributed by atoms with Gasteiger partial charge in [-0.3, -0.25) is 14.2 Å². The highest BCUT2D eigenvalue weighted by Gasteiger charge is 2.16. The van der Waals surface area contributed by atoms with Crippen LogP contribution in [0.2, 0.25) is 0 Å². The molecular weight excluding hydrogens is 336 g/mol. The van der Waals surface area contributed by atoms with E-state index in [1.54, 1.807) is 11.6 Å². The van der Waals surface area contributed by atoms with Crippen LogP contribution in [0.3, 0.4) is 0 Å². The Hall–Kier alpha value is -2.13. The molecule has 2 rings (SSSR count). The van der Waals surface area contributed by atoms with Gasteiger partial charge in [-0.25, -0.2) is 14.3 Å². The molecule has 2 aromatic heterocycles. The van der Waals surface area contributed by atoms with Gasteiger partial charge in [-0.1, -0.05) is 6.92 Å². The molecule has 0 atom stereocenters. The number of imidazole rings is 1. The summed E-state index contributed by atoms with van der Waals surface area (Å²) in [5.41, 5.74) is -0.463. The van der Waals surface area contributed by atoms with Gasteiger partial charge in [0.15, 0.2) is 11.2 Å². The molecule has 2 aromatic rings. The smallest absolute Gasteiger partial charge is 0.332 e. The van der Waals surface area contributed by atoms with E-state index in [4.69, 9.17) is 0 Å². The summed E-state index contributed by atoms with van der Waals surface area (Å²) in [7, 11) is 3.20. The normalized spacial score (nSPS) is 10.6. The fourth-order valence-corrected chi connectivity index (χ4v) is 2.33. The molecule has 0 spiro atoms. The van der Waals surface area contributed by atoms with E-state index in [9.17, 15) is 14.4 Å². The van der Waals surface area contributed by atoms with Gasteiger partial charge in [0.1, 0.15) is 6.54 Å². The van der Waals surface area contributed by atoms with Gasteiger partial charge in [0, 0.05) is 27.2 Å². The number of rotatable bonds is 7. The fourth-order valence-electron chi connectivity index (χ4n) is 2.33. The highest BCUT2D eigenvalue weighted by molar-refractivity contribution is 5.85. The lowest BCUT2D eigenvalue weighted by Crippen LogP contribution is -2.44. The molecule has 0 saturated heterocycles. The molecule has 0 aliphatic rings. The molecule has 0 bridgehead atoms.